The van der Waals surface area contributed by atoms with E-state index in [0.29, 0.717) is 40.1 Å². The van der Waals surface area contributed by atoms with Crippen molar-refractivity contribution in [3.05, 3.63) is 72.3 Å². The van der Waals surface area contributed by atoms with Crippen LogP contribution in [0.4, 0.5) is 17.3 Å². The Morgan fingerprint density at radius 2 is 1.42 bits per heavy atom. The van der Waals surface area contributed by atoms with E-state index >= 15 is 0 Å². The average molecular weight is 465 g/mol. The Morgan fingerprint density at radius 3 is 2.03 bits per heavy atom. The van der Waals surface area contributed by atoms with Crippen molar-refractivity contribution in [2.24, 2.45) is 0 Å². The molecule has 0 fully saturated rings. The van der Waals surface area contributed by atoms with Crippen molar-refractivity contribution in [2.45, 2.75) is 4.90 Å². The quantitative estimate of drug-likeness (QED) is 0.376. The van der Waals surface area contributed by atoms with E-state index in [9.17, 15) is 13.2 Å². The van der Waals surface area contributed by atoms with Crippen LogP contribution in [0.5, 0.6) is 11.5 Å². The molecule has 0 spiro atoms. The van der Waals surface area contributed by atoms with Crippen LogP contribution in [0.2, 0.25) is 0 Å². The third kappa shape index (κ3) is 4.70. The Hall–Kier alpha value is -4.18. The number of carbonyl (C=O) groups excluding carboxylic acids is 1. The number of rotatable bonds is 8. The van der Waals surface area contributed by atoms with Crippen LogP contribution in [0.25, 0.3) is 11.0 Å². The topological polar surface area (TPSA) is 120 Å². The highest BCUT2D eigenvalue weighted by molar-refractivity contribution is 7.92. The van der Waals surface area contributed by atoms with Crippen molar-refractivity contribution in [1.29, 1.82) is 0 Å². The molecule has 0 amide bonds. The number of methoxy groups -OCH3 is 2. The minimum Gasteiger partial charge on any atom is -0.497 e. The molecule has 3 aromatic carbocycles. The molecule has 0 bridgehead atoms. The SMILES string of the molecule is COc1ccc(S(=O)(=O)Nc2nc3ccccc3nc2Nc2cc(OC)ccc2C=O)cc1. The molecule has 0 aliphatic heterocycles. The molecule has 0 saturated carbocycles. The number of aromatic nitrogens is 2. The number of nitrogens with one attached hydrogen (secondary N) is 2. The van der Waals surface area contributed by atoms with Crippen molar-refractivity contribution >= 4 is 44.7 Å². The molecule has 4 aromatic rings. The van der Waals surface area contributed by atoms with Crippen molar-refractivity contribution in [1.82, 2.24) is 9.97 Å². The summed E-state index contributed by atoms with van der Waals surface area (Å²) in [6.07, 6.45) is 0.678. The van der Waals surface area contributed by atoms with Gasteiger partial charge in [-0.3, -0.25) is 9.52 Å². The van der Waals surface area contributed by atoms with Crippen LogP contribution in [0.3, 0.4) is 0 Å². The van der Waals surface area contributed by atoms with Crippen LogP contribution in [0, 0.1) is 0 Å². The third-order valence-electron chi connectivity index (χ3n) is 4.81. The van der Waals surface area contributed by atoms with Crippen LogP contribution < -0.4 is 19.5 Å². The van der Waals surface area contributed by atoms with E-state index in [1.165, 1.54) is 26.4 Å². The first-order valence-corrected chi connectivity index (χ1v) is 11.3. The second kappa shape index (κ2) is 9.13. The van der Waals surface area contributed by atoms with Crippen LogP contribution in [-0.2, 0) is 10.0 Å². The highest BCUT2D eigenvalue weighted by Gasteiger charge is 2.20. The zero-order valence-electron chi connectivity index (χ0n) is 17.8. The van der Waals surface area contributed by atoms with Crippen LogP contribution in [-0.4, -0.2) is 38.9 Å². The molecule has 168 valence electrons. The summed E-state index contributed by atoms with van der Waals surface area (Å²) >= 11 is 0. The van der Waals surface area contributed by atoms with Gasteiger partial charge in [-0.2, -0.15) is 0 Å². The van der Waals surface area contributed by atoms with Gasteiger partial charge in [0.1, 0.15) is 11.5 Å². The molecule has 0 aliphatic rings. The van der Waals surface area contributed by atoms with Gasteiger partial charge in [-0.25, -0.2) is 18.4 Å². The van der Waals surface area contributed by atoms with E-state index in [2.05, 4.69) is 20.0 Å². The van der Waals surface area contributed by atoms with Gasteiger partial charge >= 0.3 is 0 Å². The van der Waals surface area contributed by atoms with Gasteiger partial charge in [0.15, 0.2) is 17.9 Å². The summed E-state index contributed by atoms with van der Waals surface area (Å²) in [5.41, 5.74) is 1.77. The fourth-order valence-corrected chi connectivity index (χ4v) is 4.11. The second-order valence-corrected chi connectivity index (χ2v) is 8.57. The van der Waals surface area contributed by atoms with Gasteiger partial charge in [-0.05, 0) is 48.5 Å². The number of nitrogens with zero attached hydrogens (tertiary/aromatic N) is 2. The van der Waals surface area contributed by atoms with Gasteiger partial charge in [-0.15, -0.1) is 0 Å². The summed E-state index contributed by atoms with van der Waals surface area (Å²) in [6, 6.07) is 17.8. The first-order chi connectivity index (χ1) is 15.9. The van der Waals surface area contributed by atoms with Crippen molar-refractivity contribution in [3.8, 4) is 11.5 Å². The van der Waals surface area contributed by atoms with E-state index in [1.807, 2.05) is 0 Å². The van der Waals surface area contributed by atoms with Gasteiger partial charge in [0.2, 0.25) is 0 Å². The van der Waals surface area contributed by atoms with E-state index in [-0.39, 0.29) is 16.5 Å². The number of fused-ring (bicyclic) bond motifs is 1. The number of ether oxygens (including phenoxy) is 2. The molecule has 1 heterocycles. The van der Waals surface area contributed by atoms with Gasteiger partial charge in [0.25, 0.3) is 10.0 Å². The third-order valence-corrected chi connectivity index (χ3v) is 6.17. The van der Waals surface area contributed by atoms with E-state index in [0.717, 1.165) is 0 Å². The number of aldehydes is 1. The number of carbonyl (C=O) groups is 1. The Morgan fingerprint density at radius 1 is 0.818 bits per heavy atom. The fraction of sp³-hybridized carbons (Fsp3) is 0.0870. The lowest BCUT2D eigenvalue weighted by Crippen LogP contribution is -2.16. The van der Waals surface area contributed by atoms with Gasteiger partial charge < -0.3 is 14.8 Å². The van der Waals surface area contributed by atoms with Crippen LogP contribution in [0.1, 0.15) is 10.4 Å². The molecule has 0 aliphatic carbocycles. The first-order valence-electron chi connectivity index (χ1n) is 9.77. The molecule has 10 heteroatoms. The molecule has 9 nitrogen and oxygen atoms in total. The zero-order valence-corrected chi connectivity index (χ0v) is 18.6. The second-order valence-electron chi connectivity index (χ2n) is 6.89. The number of anilines is 3. The van der Waals surface area contributed by atoms with Crippen molar-refractivity contribution in [2.75, 3.05) is 24.3 Å². The summed E-state index contributed by atoms with van der Waals surface area (Å²) in [6.45, 7) is 0. The molecular weight excluding hydrogens is 444 g/mol. The number of para-hydroxylation sites is 2. The molecule has 2 N–H and O–H groups in total. The Kier molecular flexibility index (Phi) is 6.09. The Balaban J connectivity index is 1.79. The fourth-order valence-electron chi connectivity index (χ4n) is 3.10. The lowest BCUT2D eigenvalue weighted by atomic mass is 10.2. The maximum Gasteiger partial charge on any atom is 0.263 e. The highest BCUT2D eigenvalue weighted by atomic mass is 32.2. The van der Waals surface area contributed by atoms with E-state index < -0.39 is 10.0 Å². The molecule has 1 aromatic heterocycles. The number of hydrogen-bond donors (Lipinski definition) is 2. The first kappa shape index (κ1) is 22.0. The molecule has 0 atom stereocenters. The predicted molar refractivity (Wildman–Crippen MR) is 125 cm³/mol. The molecule has 33 heavy (non-hydrogen) atoms. The molecule has 0 saturated heterocycles. The lowest BCUT2D eigenvalue weighted by Gasteiger charge is -2.15. The number of benzene rings is 3. The minimum atomic E-state index is -3.99. The van der Waals surface area contributed by atoms with Crippen LogP contribution >= 0.6 is 0 Å². The zero-order chi connectivity index (χ0) is 23.4. The molecule has 4 rings (SSSR count). The highest BCUT2D eigenvalue weighted by Crippen LogP contribution is 2.30. The summed E-state index contributed by atoms with van der Waals surface area (Å²) < 4.78 is 38.9. The number of hydrogen-bond acceptors (Lipinski definition) is 8. The van der Waals surface area contributed by atoms with Gasteiger partial charge in [0.05, 0.1) is 35.8 Å². The lowest BCUT2D eigenvalue weighted by molar-refractivity contribution is 0.112. The smallest absolute Gasteiger partial charge is 0.263 e. The number of sulfonamides is 1. The van der Waals surface area contributed by atoms with Gasteiger partial charge in [0, 0.05) is 11.6 Å². The van der Waals surface area contributed by atoms with Crippen LogP contribution in [0.15, 0.2) is 71.6 Å². The Bertz CT molecular complexity index is 1420. The van der Waals surface area contributed by atoms with Gasteiger partial charge in [-0.1, -0.05) is 12.1 Å². The maximum atomic E-state index is 13.0. The molecule has 0 radical (unpaired) electrons. The summed E-state index contributed by atoms with van der Waals surface area (Å²) in [5.74, 6) is 1.14. The maximum absolute atomic E-state index is 13.0. The minimum absolute atomic E-state index is 0.0239. The summed E-state index contributed by atoms with van der Waals surface area (Å²) in [5, 5.41) is 3.02. The largest absolute Gasteiger partial charge is 0.497 e. The van der Waals surface area contributed by atoms with Crippen molar-refractivity contribution in [3.63, 3.8) is 0 Å². The normalized spacial score (nSPS) is 11.1. The van der Waals surface area contributed by atoms with Crippen molar-refractivity contribution < 1.29 is 22.7 Å². The van der Waals surface area contributed by atoms with E-state index in [1.54, 1.807) is 54.6 Å². The Labute approximate surface area is 190 Å². The average Bonchev–Trinajstić information content (AvgIpc) is 2.84. The summed E-state index contributed by atoms with van der Waals surface area (Å²) in [4.78, 5) is 20.6. The standard InChI is InChI=1S/C23H20N4O5S/c1-31-16-9-11-18(12-10-16)33(29,30)27-23-22(24-19-5-3-4-6-20(19)25-23)26-21-13-17(32-2)8-7-15(21)14-28/h3-14H,1-2H3,(H,24,26)(H,25,27). The molecular formula is C23H20N4O5S. The monoisotopic (exact) mass is 464 g/mol. The molecule has 0 unspecified atom stereocenters. The predicted octanol–water partition coefficient (Wildman–Crippen LogP) is 4.00. The van der Waals surface area contributed by atoms with E-state index in [4.69, 9.17) is 9.47 Å². The summed E-state index contributed by atoms with van der Waals surface area (Å²) in [7, 11) is -0.992.